The number of hydrogen-bond donors (Lipinski definition) is 1. The van der Waals surface area contributed by atoms with Crippen LogP contribution in [-0.4, -0.2) is 25.4 Å². The van der Waals surface area contributed by atoms with Gasteiger partial charge < -0.3 is 14.7 Å². The highest BCUT2D eigenvalue weighted by molar-refractivity contribution is 5.48. The lowest BCUT2D eigenvalue weighted by Crippen LogP contribution is -2.26. The summed E-state index contributed by atoms with van der Waals surface area (Å²) in [5.74, 6) is 0.859. The van der Waals surface area contributed by atoms with Gasteiger partial charge in [0.05, 0.1) is 13.7 Å². The minimum Gasteiger partial charge on any atom is -0.497 e. The summed E-state index contributed by atoms with van der Waals surface area (Å²) < 4.78 is 5.17. The van der Waals surface area contributed by atoms with Crippen LogP contribution in [0.2, 0.25) is 0 Å². The van der Waals surface area contributed by atoms with Crippen LogP contribution in [-0.2, 0) is 6.54 Å². The number of aliphatic hydroxyl groups excluding tert-OH is 1. The first kappa shape index (κ1) is 14.4. The second kappa shape index (κ2) is 6.96. The van der Waals surface area contributed by atoms with E-state index in [2.05, 4.69) is 48.2 Å². The molecule has 3 nitrogen and oxygen atoms in total. The van der Waals surface area contributed by atoms with Crippen molar-refractivity contribution in [2.45, 2.75) is 13.5 Å². The van der Waals surface area contributed by atoms with E-state index in [1.165, 1.54) is 11.1 Å². The number of nitrogens with zero attached hydrogens (tertiary/aromatic N) is 1. The molecule has 0 saturated carbocycles. The predicted octanol–water partition coefficient (Wildman–Crippen LogP) is 3.00. The summed E-state index contributed by atoms with van der Waals surface area (Å²) in [6.07, 6.45) is 0. The highest BCUT2D eigenvalue weighted by atomic mass is 16.5. The van der Waals surface area contributed by atoms with E-state index in [0.717, 1.165) is 18.0 Å². The molecule has 2 aromatic carbocycles. The summed E-state index contributed by atoms with van der Waals surface area (Å²) in [4.78, 5) is 2.17. The van der Waals surface area contributed by atoms with Crippen LogP contribution in [0, 0.1) is 6.92 Å². The lowest BCUT2D eigenvalue weighted by Gasteiger charge is -2.24. The van der Waals surface area contributed by atoms with Crippen LogP contribution in [0.3, 0.4) is 0 Å². The molecule has 0 heterocycles. The molecule has 0 aliphatic rings. The van der Waals surface area contributed by atoms with E-state index in [4.69, 9.17) is 4.74 Å². The van der Waals surface area contributed by atoms with Crippen LogP contribution < -0.4 is 9.64 Å². The quantitative estimate of drug-likeness (QED) is 0.876. The third-order valence-electron chi connectivity index (χ3n) is 3.30. The topological polar surface area (TPSA) is 32.7 Å². The van der Waals surface area contributed by atoms with Gasteiger partial charge in [-0.2, -0.15) is 0 Å². The van der Waals surface area contributed by atoms with E-state index in [1.54, 1.807) is 7.11 Å². The summed E-state index contributed by atoms with van der Waals surface area (Å²) in [5, 5.41) is 9.25. The van der Waals surface area contributed by atoms with Crippen molar-refractivity contribution in [2.24, 2.45) is 0 Å². The van der Waals surface area contributed by atoms with E-state index in [1.807, 2.05) is 12.1 Å². The van der Waals surface area contributed by atoms with Gasteiger partial charge in [-0.25, -0.2) is 0 Å². The van der Waals surface area contributed by atoms with E-state index in [-0.39, 0.29) is 6.61 Å². The Morgan fingerprint density at radius 2 is 1.65 bits per heavy atom. The number of hydrogen-bond acceptors (Lipinski definition) is 3. The molecule has 0 aromatic heterocycles. The van der Waals surface area contributed by atoms with Gasteiger partial charge in [0.1, 0.15) is 5.75 Å². The normalized spacial score (nSPS) is 10.3. The Labute approximate surface area is 120 Å². The minimum atomic E-state index is 0.143. The van der Waals surface area contributed by atoms with Crippen LogP contribution in [0.4, 0.5) is 5.69 Å². The van der Waals surface area contributed by atoms with E-state index in [0.29, 0.717) is 6.54 Å². The second-order valence-corrected chi connectivity index (χ2v) is 4.83. The largest absolute Gasteiger partial charge is 0.497 e. The predicted molar refractivity (Wildman–Crippen MR) is 82.3 cm³/mol. The molecule has 0 radical (unpaired) electrons. The molecule has 0 aliphatic heterocycles. The minimum absolute atomic E-state index is 0.143. The Balaban J connectivity index is 2.13. The summed E-state index contributed by atoms with van der Waals surface area (Å²) in [5.41, 5.74) is 3.56. The van der Waals surface area contributed by atoms with Gasteiger partial charge in [0.2, 0.25) is 0 Å². The van der Waals surface area contributed by atoms with Crippen molar-refractivity contribution in [1.82, 2.24) is 0 Å². The van der Waals surface area contributed by atoms with Crippen molar-refractivity contribution >= 4 is 5.69 Å². The van der Waals surface area contributed by atoms with Crippen molar-refractivity contribution in [3.05, 3.63) is 59.7 Å². The molecule has 0 amide bonds. The first-order valence-corrected chi connectivity index (χ1v) is 6.78. The Bertz CT molecular complexity index is 520. The van der Waals surface area contributed by atoms with E-state index >= 15 is 0 Å². The number of anilines is 1. The molecule has 0 saturated heterocycles. The SMILES string of the molecule is COc1ccc(CN(CCO)c2ccc(C)cc2)cc1. The van der Waals surface area contributed by atoms with Crippen LogP contribution in [0.25, 0.3) is 0 Å². The maximum Gasteiger partial charge on any atom is 0.118 e. The number of ether oxygens (including phenoxy) is 1. The molecule has 0 fully saturated rings. The fourth-order valence-electron chi connectivity index (χ4n) is 2.13. The van der Waals surface area contributed by atoms with Crippen LogP contribution in [0.15, 0.2) is 48.5 Å². The lowest BCUT2D eigenvalue weighted by atomic mass is 10.1. The van der Waals surface area contributed by atoms with E-state index < -0.39 is 0 Å². The summed E-state index contributed by atoms with van der Waals surface area (Å²) >= 11 is 0. The fraction of sp³-hybridized carbons (Fsp3) is 0.294. The number of rotatable bonds is 6. The molecular weight excluding hydrogens is 250 g/mol. The van der Waals surface area contributed by atoms with Gasteiger partial charge in [-0.15, -0.1) is 0 Å². The number of aliphatic hydroxyl groups is 1. The number of aryl methyl sites for hydroxylation is 1. The van der Waals surface area contributed by atoms with Gasteiger partial charge in [-0.3, -0.25) is 0 Å². The molecule has 0 spiro atoms. The fourth-order valence-corrected chi connectivity index (χ4v) is 2.13. The molecule has 0 aliphatic carbocycles. The van der Waals surface area contributed by atoms with Gasteiger partial charge in [0.15, 0.2) is 0 Å². The average molecular weight is 271 g/mol. The van der Waals surface area contributed by atoms with Gasteiger partial charge in [0.25, 0.3) is 0 Å². The highest BCUT2D eigenvalue weighted by Gasteiger charge is 2.07. The zero-order valence-electron chi connectivity index (χ0n) is 12.0. The first-order valence-electron chi connectivity index (χ1n) is 6.78. The molecule has 0 unspecified atom stereocenters. The maximum absolute atomic E-state index is 9.25. The van der Waals surface area contributed by atoms with Crippen LogP contribution in [0.5, 0.6) is 5.75 Å². The Morgan fingerprint density at radius 3 is 2.20 bits per heavy atom. The summed E-state index contributed by atoms with van der Waals surface area (Å²) in [7, 11) is 1.67. The third-order valence-corrected chi connectivity index (χ3v) is 3.30. The number of methoxy groups -OCH3 is 1. The maximum atomic E-state index is 9.25. The molecule has 3 heteroatoms. The lowest BCUT2D eigenvalue weighted by molar-refractivity contribution is 0.301. The highest BCUT2D eigenvalue weighted by Crippen LogP contribution is 2.19. The third kappa shape index (κ3) is 3.75. The van der Waals surface area contributed by atoms with Gasteiger partial charge in [-0.1, -0.05) is 29.8 Å². The second-order valence-electron chi connectivity index (χ2n) is 4.83. The van der Waals surface area contributed by atoms with Gasteiger partial charge in [-0.05, 0) is 36.8 Å². The number of benzene rings is 2. The zero-order chi connectivity index (χ0) is 14.4. The first-order chi connectivity index (χ1) is 9.72. The molecule has 2 aromatic rings. The molecule has 0 bridgehead atoms. The molecule has 106 valence electrons. The summed E-state index contributed by atoms with van der Waals surface area (Å²) in [6, 6.07) is 16.4. The van der Waals surface area contributed by atoms with Crippen LogP contribution in [0.1, 0.15) is 11.1 Å². The van der Waals surface area contributed by atoms with Crippen molar-refractivity contribution in [3.63, 3.8) is 0 Å². The molecule has 0 atom stereocenters. The zero-order valence-corrected chi connectivity index (χ0v) is 12.0. The van der Waals surface area contributed by atoms with Crippen molar-refractivity contribution < 1.29 is 9.84 Å². The standard InChI is InChI=1S/C17H21NO2/c1-14-3-7-16(8-4-14)18(11-12-19)13-15-5-9-17(20-2)10-6-15/h3-10,19H,11-13H2,1-2H3. The molecular formula is C17H21NO2. The Kier molecular flexibility index (Phi) is 5.02. The molecule has 2 rings (SSSR count). The van der Waals surface area contributed by atoms with Gasteiger partial charge in [0, 0.05) is 18.8 Å². The summed E-state index contributed by atoms with van der Waals surface area (Å²) in [6.45, 7) is 3.61. The Hall–Kier alpha value is -2.00. The average Bonchev–Trinajstić information content (AvgIpc) is 2.48. The monoisotopic (exact) mass is 271 g/mol. The van der Waals surface area contributed by atoms with Crippen molar-refractivity contribution in [2.75, 3.05) is 25.2 Å². The smallest absolute Gasteiger partial charge is 0.118 e. The molecule has 1 N–H and O–H groups in total. The molecule has 20 heavy (non-hydrogen) atoms. The van der Waals surface area contributed by atoms with Crippen molar-refractivity contribution in [1.29, 1.82) is 0 Å². The van der Waals surface area contributed by atoms with Crippen molar-refractivity contribution in [3.8, 4) is 5.75 Å². The van der Waals surface area contributed by atoms with Crippen LogP contribution >= 0.6 is 0 Å². The van der Waals surface area contributed by atoms with E-state index in [9.17, 15) is 5.11 Å². The Morgan fingerprint density at radius 1 is 1.00 bits per heavy atom. The van der Waals surface area contributed by atoms with Gasteiger partial charge >= 0.3 is 0 Å².